The number of hydrogen-bond donors (Lipinski definition) is 0. The second-order valence-electron chi connectivity index (χ2n) is 4.79. The number of allylic oxidation sites excluding steroid dienone is 1. The summed E-state index contributed by atoms with van der Waals surface area (Å²) in [6.45, 7) is 11.1. The predicted molar refractivity (Wildman–Crippen MR) is 62.8 cm³/mol. The molecule has 1 nitrogen and oxygen atoms in total. The van der Waals surface area contributed by atoms with Gasteiger partial charge in [-0.1, -0.05) is 24.9 Å². The highest BCUT2D eigenvalue weighted by Gasteiger charge is 2.19. The molecule has 1 aliphatic rings. The van der Waals surface area contributed by atoms with Crippen molar-refractivity contribution in [2.24, 2.45) is 0 Å². The molecule has 0 spiro atoms. The summed E-state index contributed by atoms with van der Waals surface area (Å²) < 4.78 is 0. The van der Waals surface area contributed by atoms with Gasteiger partial charge in [0.15, 0.2) is 0 Å². The van der Waals surface area contributed by atoms with Crippen molar-refractivity contribution >= 4 is 8.07 Å². The molecule has 0 aromatic carbocycles. The summed E-state index contributed by atoms with van der Waals surface area (Å²) in [6, 6.07) is 1.43. The van der Waals surface area contributed by atoms with E-state index in [1.807, 2.05) is 0 Å². The highest BCUT2D eigenvalue weighted by molar-refractivity contribution is 6.82. The van der Waals surface area contributed by atoms with Crippen molar-refractivity contribution in [2.75, 3.05) is 19.6 Å². The summed E-state index contributed by atoms with van der Waals surface area (Å²) in [6.07, 6.45) is 5.08. The number of nitrogens with zero attached hydrogens (tertiary/aromatic N) is 1. The van der Waals surface area contributed by atoms with Gasteiger partial charge in [0.05, 0.1) is 8.07 Å². The number of rotatable bonds is 4. The fourth-order valence-corrected chi connectivity index (χ4v) is 3.95. The van der Waals surface area contributed by atoms with Crippen LogP contribution in [0.5, 0.6) is 0 Å². The van der Waals surface area contributed by atoms with Crippen LogP contribution in [0.1, 0.15) is 19.8 Å². The predicted octanol–water partition coefficient (Wildman–Crippen LogP) is 2.91. The summed E-state index contributed by atoms with van der Waals surface area (Å²) in [5.41, 5.74) is 2.46. The average molecular weight is 197 g/mol. The Balaban J connectivity index is 2.23. The van der Waals surface area contributed by atoms with Gasteiger partial charge in [-0.15, -0.1) is 0 Å². The molecule has 0 aromatic heterocycles. The number of hydrogen-bond acceptors (Lipinski definition) is 1. The van der Waals surface area contributed by atoms with Gasteiger partial charge in [0.25, 0.3) is 0 Å². The molecule has 0 aromatic rings. The molecule has 13 heavy (non-hydrogen) atoms. The minimum Gasteiger partial charge on any atom is -0.304 e. The van der Waals surface area contributed by atoms with Gasteiger partial charge in [0.1, 0.15) is 0 Å². The number of likely N-dealkylation sites (tertiary alicyclic amines) is 1. The normalized spacial score (nSPS) is 20.2. The Morgan fingerprint density at radius 2 is 1.85 bits per heavy atom. The molecule has 1 fully saturated rings. The van der Waals surface area contributed by atoms with Crippen molar-refractivity contribution in [1.29, 1.82) is 0 Å². The summed E-state index contributed by atoms with van der Waals surface area (Å²) >= 11 is 0. The van der Waals surface area contributed by atoms with E-state index in [1.165, 1.54) is 38.5 Å². The Morgan fingerprint density at radius 1 is 1.23 bits per heavy atom. The fraction of sp³-hybridized carbons (Fsp3) is 0.818. The summed E-state index contributed by atoms with van der Waals surface area (Å²) in [5, 5.41) is 0. The third-order valence-electron chi connectivity index (χ3n) is 2.89. The SMILES string of the molecule is C/C=C\[Si](C)(C)CCN1CCCC1. The third-order valence-corrected chi connectivity index (χ3v) is 5.64. The topological polar surface area (TPSA) is 3.24 Å². The van der Waals surface area contributed by atoms with Gasteiger partial charge in [-0.25, -0.2) is 0 Å². The summed E-state index contributed by atoms with van der Waals surface area (Å²) in [5.74, 6) is 0. The first-order valence-corrected chi connectivity index (χ1v) is 8.79. The van der Waals surface area contributed by atoms with Gasteiger partial charge in [-0.3, -0.25) is 0 Å². The Kier molecular flexibility index (Phi) is 4.20. The molecule has 76 valence electrons. The van der Waals surface area contributed by atoms with E-state index in [2.05, 4.69) is 36.7 Å². The molecule has 0 amide bonds. The molecule has 2 heteroatoms. The van der Waals surface area contributed by atoms with Crippen molar-refractivity contribution in [3.05, 3.63) is 11.8 Å². The van der Waals surface area contributed by atoms with E-state index in [0.717, 1.165) is 0 Å². The van der Waals surface area contributed by atoms with Crippen LogP contribution in [0.4, 0.5) is 0 Å². The molecule has 1 saturated heterocycles. The molecular formula is C11H23NSi. The van der Waals surface area contributed by atoms with Gasteiger partial charge in [0, 0.05) is 0 Å². The van der Waals surface area contributed by atoms with Crippen LogP contribution in [0.2, 0.25) is 19.1 Å². The zero-order valence-corrected chi connectivity index (χ0v) is 10.3. The van der Waals surface area contributed by atoms with Crippen LogP contribution < -0.4 is 0 Å². The van der Waals surface area contributed by atoms with Crippen molar-refractivity contribution < 1.29 is 0 Å². The molecule has 1 aliphatic heterocycles. The maximum atomic E-state index is 2.62. The molecule has 0 saturated carbocycles. The largest absolute Gasteiger partial charge is 0.304 e. The van der Waals surface area contributed by atoms with E-state index < -0.39 is 8.07 Å². The van der Waals surface area contributed by atoms with Crippen LogP contribution in [0, 0.1) is 0 Å². The van der Waals surface area contributed by atoms with Crippen LogP contribution in [0.3, 0.4) is 0 Å². The second-order valence-corrected chi connectivity index (χ2v) is 9.60. The van der Waals surface area contributed by atoms with Gasteiger partial charge < -0.3 is 4.90 Å². The lowest BCUT2D eigenvalue weighted by molar-refractivity contribution is 0.357. The zero-order valence-electron chi connectivity index (χ0n) is 9.34. The van der Waals surface area contributed by atoms with E-state index in [9.17, 15) is 0 Å². The fourth-order valence-electron chi connectivity index (χ4n) is 1.99. The molecular weight excluding hydrogens is 174 g/mol. The van der Waals surface area contributed by atoms with E-state index in [4.69, 9.17) is 0 Å². The molecule has 0 radical (unpaired) electrons. The van der Waals surface area contributed by atoms with E-state index in [0.29, 0.717) is 0 Å². The van der Waals surface area contributed by atoms with Crippen LogP contribution in [0.15, 0.2) is 11.8 Å². The van der Waals surface area contributed by atoms with Crippen LogP contribution >= 0.6 is 0 Å². The Hall–Kier alpha value is -0.0831. The van der Waals surface area contributed by atoms with Gasteiger partial charge in [-0.2, -0.15) is 0 Å². The molecule has 0 aliphatic carbocycles. The molecule has 0 unspecified atom stereocenters. The van der Waals surface area contributed by atoms with E-state index >= 15 is 0 Å². The van der Waals surface area contributed by atoms with Crippen LogP contribution in [-0.2, 0) is 0 Å². The summed E-state index contributed by atoms with van der Waals surface area (Å²) in [7, 11) is -0.993. The Bertz CT molecular complexity index is 169. The summed E-state index contributed by atoms with van der Waals surface area (Å²) in [4.78, 5) is 2.62. The van der Waals surface area contributed by atoms with E-state index in [-0.39, 0.29) is 0 Å². The lowest BCUT2D eigenvalue weighted by atomic mass is 10.4. The monoisotopic (exact) mass is 197 g/mol. The molecule has 0 N–H and O–H groups in total. The van der Waals surface area contributed by atoms with Gasteiger partial charge >= 0.3 is 0 Å². The third kappa shape index (κ3) is 4.10. The molecule has 0 atom stereocenters. The Labute approximate surface area is 83.8 Å². The molecule has 1 rings (SSSR count). The van der Waals surface area contributed by atoms with Crippen molar-refractivity contribution in [1.82, 2.24) is 4.90 Å². The lowest BCUT2D eigenvalue weighted by Gasteiger charge is -2.22. The van der Waals surface area contributed by atoms with Gasteiger partial charge in [0.2, 0.25) is 0 Å². The van der Waals surface area contributed by atoms with E-state index in [1.54, 1.807) is 0 Å². The first-order valence-electron chi connectivity index (χ1n) is 5.50. The Morgan fingerprint density at radius 3 is 2.38 bits per heavy atom. The maximum Gasteiger partial charge on any atom is 0.0725 e. The first kappa shape index (κ1) is 11.0. The van der Waals surface area contributed by atoms with Crippen LogP contribution in [-0.4, -0.2) is 32.6 Å². The average Bonchev–Trinajstić information content (AvgIpc) is 2.52. The minimum atomic E-state index is -0.993. The standard InChI is InChI=1S/C11H23NSi/c1-4-10-13(2,3)11-9-12-7-5-6-8-12/h4,10H,5-9,11H2,1-3H3/b10-4-. The zero-order chi connectivity index (χ0) is 9.73. The lowest BCUT2D eigenvalue weighted by Crippen LogP contribution is -2.30. The maximum absolute atomic E-state index is 2.62. The smallest absolute Gasteiger partial charge is 0.0725 e. The van der Waals surface area contributed by atoms with Gasteiger partial charge in [-0.05, 0) is 45.4 Å². The molecule has 1 heterocycles. The minimum absolute atomic E-state index is 0.993. The van der Waals surface area contributed by atoms with Crippen molar-refractivity contribution in [3.63, 3.8) is 0 Å². The van der Waals surface area contributed by atoms with Crippen LogP contribution in [0.25, 0.3) is 0 Å². The van der Waals surface area contributed by atoms with Crippen molar-refractivity contribution in [2.45, 2.75) is 38.9 Å². The quantitative estimate of drug-likeness (QED) is 0.626. The highest BCUT2D eigenvalue weighted by Crippen LogP contribution is 2.15. The first-order chi connectivity index (χ1) is 6.14. The second kappa shape index (κ2) is 4.96. The highest BCUT2D eigenvalue weighted by atomic mass is 28.3. The molecule has 0 bridgehead atoms. The van der Waals surface area contributed by atoms with Crippen molar-refractivity contribution in [3.8, 4) is 0 Å².